The summed E-state index contributed by atoms with van der Waals surface area (Å²) in [6.45, 7) is 5.39. The SMILES string of the molecule is CC1(CS)COc2c(-c3scc4c3OCCO4)sc(-c3scc4c3OCCO4)c2OC1. The van der Waals surface area contributed by atoms with E-state index in [1.807, 2.05) is 10.8 Å². The first-order valence-corrected chi connectivity index (χ1v) is 13.2. The summed E-state index contributed by atoms with van der Waals surface area (Å²) in [6.07, 6.45) is 0. The lowest BCUT2D eigenvalue weighted by Gasteiger charge is -2.24. The van der Waals surface area contributed by atoms with Crippen LogP contribution >= 0.6 is 46.6 Å². The van der Waals surface area contributed by atoms with E-state index < -0.39 is 0 Å². The summed E-state index contributed by atoms with van der Waals surface area (Å²) in [5.74, 6) is 5.31. The van der Waals surface area contributed by atoms with Gasteiger partial charge in [0.1, 0.15) is 26.4 Å². The summed E-state index contributed by atoms with van der Waals surface area (Å²) in [5.41, 5.74) is -0.183. The Morgan fingerprint density at radius 3 is 1.68 bits per heavy atom. The topological polar surface area (TPSA) is 55.4 Å². The molecule has 6 heterocycles. The first-order chi connectivity index (χ1) is 15.2. The first kappa shape index (κ1) is 19.9. The van der Waals surface area contributed by atoms with E-state index in [0.29, 0.717) is 45.4 Å². The van der Waals surface area contributed by atoms with Crippen LogP contribution in [0.4, 0.5) is 0 Å². The monoisotopic (exact) mass is 496 g/mol. The van der Waals surface area contributed by atoms with Crippen LogP contribution < -0.4 is 28.4 Å². The molecule has 0 atom stereocenters. The molecule has 0 unspecified atom stereocenters. The molecule has 3 aromatic rings. The summed E-state index contributed by atoms with van der Waals surface area (Å²) in [7, 11) is 0. The minimum atomic E-state index is -0.183. The molecule has 0 amide bonds. The van der Waals surface area contributed by atoms with E-state index >= 15 is 0 Å². The summed E-state index contributed by atoms with van der Waals surface area (Å²) in [4.78, 5) is 3.99. The molecular formula is C21H20O6S4. The highest BCUT2D eigenvalue weighted by Gasteiger charge is 2.37. The summed E-state index contributed by atoms with van der Waals surface area (Å²) < 4.78 is 36.3. The molecule has 0 saturated heterocycles. The summed E-state index contributed by atoms with van der Waals surface area (Å²) >= 11 is 9.37. The number of hydrogen-bond acceptors (Lipinski definition) is 10. The Kier molecular flexibility index (Phi) is 4.93. The molecule has 0 N–H and O–H groups in total. The molecule has 10 heteroatoms. The van der Waals surface area contributed by atoms with Gasteiger partial charge in [-0.15, -0.1) is 34.0 Å². The van der Waals surface area contributed by atoms with Gasteiger partial charge < -0.3 is 28.4 Å². The fourth-order valence-corrected chi connectivity index (χ4v) is 7.14. The van der Waals surface area contributed by atoms with Crippen molar-refractivity contribution in [2.45, 2.75) is 6.92 Å². The van der Waals surface area contributed by atoms with E-state index in [1.54, 1.807) is 34.0 Å². The van der Waals surface area contributed by atoms with Crippen molar-refractivity contribution in [2.75, 3.05) is 45.4 Å². The summed E-state index contributed by atoms with van der Waals surface area (Å²) in [5, 5.41) is 3.99. The van der Waals surface area contributed by atoms with Crippen molar-refractivity contribution in [3.63, 3.8) is 0 Å². The van der Waals surface area contributed by atoms with Gasteiger partial charge in [-0.1, -0.05) is 6.92 Å². The number of fused-ring (bicyclic) bond motifs is 3. The fourth-order valence-electron chi connectivity index (χ4n) is 3.63. The van der Waals surface area contributed by atoms with Gasteiger partial charge in [0, 0.05) is 21.9 Å². The minimum absolute atomic E-state index is 0.183. The molecule has 0 bridgehead atoms. The zero-order chi connectivity index (χ0) is 21.0. The van der Waals surface area contributed by atoms with E-state index in [9.17, 15) is 0 Å². The molecule has 0 fully saturated rings. The van der Waals surface area contributed by atoms with Crippen molar-refractivity contribution in [2.24, 2.45) is 5.41 Å². The molecule has 164 valence electrons. The van der Waals surface area contributed by atoms with Gasteiger partial charge in [-0.3, -0.25) is 0 Å². The Balaban J connectivity index is 1.52. The van der Waals surface area contributed by atoms with Crippen molar-refractivity contribution in [1.82, 2.24) is 0 Å². The second kappa shape index (κ2) is 7.68. The van der Waals surface area contributed by atoms with Crippen LogP contribution in [0.1, 0.15) is 6.92 Å². The van der Waals surface area contributed by atoms with Gasteiger partial charge in [-0.05, 0) is 0 Å². The van der Waals surface area contributed by atoms with E-state index in [-0.39, 0.29) is 5.41 Å². The third kappa shape index (κ3) is 3.26. The van der Waals surface area contributed by atoms with Crippen LogP contribution in [0.3, 0.4) is 0 Å². The molecule has 6 rings (SSSR count). The van der Waals surface area contributed by atoms with E-state index in [0.717, 1.165) is 54.0 Å². The van der Waals surface area contributed by atoms with Gasteiger partial charge in [-0.2, -0.15) is 12.6 Å². The molecule has 0 aliphatic carbocycles. The second-order valence-electron chi connectivity index (χ2n) is 7.87. The van der Waals surface area contributed by atoms with Crippen LogP contribution in [-0.4, -0.2) is 45.4 Å². The highest BCUT2D eigenvalue weighted by atomic mass is 32.1. The Labute approximate surface area is 197 Å². The largest absolute Gasteiger partial charge is 0.487 e. The molecule has 3 aromatic heterocycles. The fraction of sp³-hybridized carbons (Fsp3) is 0.429. The van der Waals surface area contributed by atoms with Crippen molar-refractivity contribution in [1.29, 1.82) is 0 Å². The third-order valence-corrected chi connectivity index (χ3v) is 9.47. The maximum Gasteiger partial charge on any atom is 0.181 e. The van der Waals surface area contributed by atoms with Gasteiger partial charge in [-0.25, -0.2) is 0 Å². The lowest BCUT2D eigenvalue weighted by molar-refractivity contribution is 0.145. The predicted molar refractivity (Wildman–Crippen MR) is 126 cm³/mol. The Morgan fingerprint density at radius 1 is 0.710 bits per heavy atom. The van der Waals surface area contributed by atoms with Crippen molar-refractivity contribution < 1.29 is 28.4 Å². The molecule has 0 aromatic carbocycles. The Morgan fingerprint density at radius 2 is 1.19 bits per heavy atom. The second-order valence-corrected chi connectivity index (χ2v) is 11.0. The number of hydrogen-bond donors (Lipinski definition) is 1. The maximum absolute atomic E-state index is 6.40. The summed E-state index contributed by atoms with van der Waals surface area (Å²) in [6, 6.07) is 0. The van der Waals surface area contributed by atoms with Crippen molar-refractivity contribution in [3.8, 4) is 54.0 Å². The van der Waals surface area contributed by atoms with Gasteiger partial charge in [0.05, 0.1) is 32.7 Å². The van der Waals surface area contributed by atoms with Gasteiger partial charge in [0.25, 0.3) is 0 Å². The zero-order valence-electron chi connectivity index (χ0n) is 16.7. The minimum Gasteiger partial charge on any atom is -0.487 e. The van der Waals surface area contributed by atoms with Crippen LogP contribution in [0, 0.1) is 5.41 Å². The molecule has 6 nitrogen and oxygen atoms in total. The first-order valence-electron chi connectivity index (χ1n) is 9.95. The maximum atomic E-state index is 6.40. The van der Waals surface area contributed by atoms with E-state index in [2.05, 4.69) is 19.6 Å². The van der Waals surface area contributed by atoms with Crippen molar-refractivity contribution >= 4 is 46.6 Å². The molecule has 0 saturated carbocycles. The smallest absolute Gasteiger partial charge is 0.181 e. The highest BCUT2D eigenvalue weighted by molar-refractivity contribution is 7.80. The number of thiol groups is 1. The molecule has 3 aliphatic rings. The Hall–Kier alpha value is -1.75. The predicted octanol–water partition coefficient (Wildman–Crippen LogP) is 5.45. The van der Waals surface area contributed by atoms with Gasteiger partial charge in [0.15, 0.2) is 34.5 Å². The Bertz CT molecular complexity index is 1050. The van der Waals surface area contributed by atoms with E-state index in [1.165, 1.54) is 0 Å². The van der Waals surface area contributed by atoms with Gasteiger partial charge in [0.2, 0.25) is 0 Å². The molecule has 31 heavy (non-hydrogen) atoms. The average molecular weight is 497 g/mol. The number of rotatable bonds is 3. The van der Waals surface area contributed by atoms with E-state index in [4.69, 9.17) is 28.4 Å². The molecular weight excluding hydrogens is 476 g/mol. The lowest BCUT2D eigenvalue weighted by Crippen LogP contribution is -2.32. The van der Waals surface area contributed by atoms with Crippen LogP contribution in [0.15, 0.2) is 10.8 Å². The van der Waals surface area contributed by atoms with Crippen LogP contribution in [0.25, 0.3) is 19.5 Å². The lowest BCUT2D eigenvalue weighted by atomic mass is 9.96. The van der Waals surface area contributed by atoms with Crippen LogP contribution in [0.5, 0.6) is 34.5 Å². The molecule has 0 spiro atoms. The molecule has 0 radical (unpaired) electrons. The average Bonchev–Trinajstić information content (AvgIpc) is 3.48. The normalized spacial score (nSPS) is 18.5. The van der Waals surface area contributed by atoms with Gasteiger partial charge >= 0.3 is 0 Å². The number of thiophene rings is 3. The highest BCUT2D eigenvalue weighted by Crippen LogP contribution is 2.61. The third-order valence-electron chi connectivity index (χ3n) is 5.35. The van der Waals surface area contributed by atoms with Crippen molar-refractivity contribution in [3.05, 3.63) is 10.8 Å². The van der Waals surface area contributed by atoms with Crippen LogP contribution in [0.2, 0.25) is 0 Å². The van der Waals surface area contributed by atoms with Crippen LogP contribution in [-0.2, 0) is 0 Å². The number of ether oxygens (including phenoxy) is 6. The standard InChI is InChI=1S/C21H20O6S4/c1-21(10-28)8-26-15-16(27-9-21)20(18-14-12(7-30-18)23-3-5-25-14)31-19(15)17-13-11(6-29-17)22-2-4-24-13/h6-7,28H,2-5,8-10H2,1H3. The zero-order valence-corrected chi connectivity index (χ0v) is 20.1. The molecule has 3 aliphatic heterocycles. The quantitative estimate of drug-likeness (QED) is 0.487.